The van der Waals surface area contributed by atoms with Gasteiger partial charge in [0, 0.05) is 12.4 Å². The molecule has 4 nitrogen and oxygen atoms in total. The van der Waals surface area contributed by atoms with Crippen molar-refractivity contribution >= 4 is 5.84 Å². The van der Waals surface area contributed by atoms with Crippen molar-refractivity contribution in [1.82, 2.24) is 4.90 Å². The van der Waals surface area contributed by atoms with Gasteiger partial charge in [0.1, 0.15) is 5.84 Å². The predicted molar refractivity (Wildman–Crippen MR) is 33.1 cm³/mol. The number of hydrogen-bond donors (Lipinski definition) is 1. The molecule has 0 aromatic carbocycles. The van der Waals surface area contributed by atoms with Gasteiger partial charge in [0.05, 0.1) is 6.54 Å². The van der Waals surface area contributed by atoms with E-state index in [0.29, 0.717) is 12.4 Å². The second-order valence-corrected chi connectivity index (χ2v) is 1.65. The Hall–Kier alpha value is -1.50. The van der Waals surface area contributed by atoms with E-state index in [9.17, 15) is 0 Å². The van der Waals surface area contributed by atoms with Gasteiger partial charge in [-0.15, -0.1) is 0 Å². The molecule has 46 valence electrons. The van der Waals surface area contributed by atoms with Crippen LogP contribution < -0.4 is 5.73 Å². The van der Waals surface area contributed by atoms with Crippen LogP contribution >= 0.6 is 0 Å². The monoisotopic (exact) mass is 122 g/mol. The Labute approximate surface area is 52.9 Å². The van der Waals surface area contributed by atoms with E-state index in [1.54, 1.807) is 6.20 Å². The molecular weight excluding hydrogens is 116 g/mol. The van der Waals surface area contributed by atoms with Gasteiger partial charge in [-0.3, -0.25) is 4.90 Å². The number of rotatable bonds is 0. The first-order valence-electron chi connectivity index (χ1n) is 2.48. The Morgan fingerprint density at radius 2 is 2.67 bits per heavy atom. The number of aliphatic imine (C=N–C) groups is 1. The lowest BCUT2D eigenvalue weighted by Gasteiger charge is -2.11. The standard InChI is InChI=1S/C5H6N4/c6-4-9-2-1-8-5(7)3-9/h1-2H,3H2,(H2,7,8). The molecule has 1 heterocycles. The molecule has 9 heavy (non-hydrogen) atoms. The fraction of sp³-hybridized carbons (Fsp3) is 0.200. The van der Waals surface area contributed by atoms with Crippen molar-refractivity contribution in [2.45, 2.75) is 0 Å². The Bertz CT molecular complexity index is 197. The lowest BCUT2D eigenvalue weighted by atomic mass is 10.5. The number of hydrogen-bond acceptors (Lipinski definition) is 4. The quantitative estimate of drug-likeness (QED) is 0.445. The van der Waals surface area contributed by atoms with Gasteiger partial charge in [0.15, 0.2) is 6.19 Å². The maximum atomic E-state index is 8.32. The molecule has 0 fully saturated rings. The lowest BCUT2D eigenvalue weighted by molar-refractivity contribution is 0.591. The van der Waals surface area contributed by atoms with Crippen LogP contribution in [0.25, 0.3) is 0 Å². The first kappa shape index (κ1) is 5.63. The van der Waals surface area contributed by atoms with E-state index in [2.05, 4.69) is 4.99 Å². The summed E-state index contributed by atoms with van der Waals surface area (Å²) in [7, 11) is 0. The maximum Gasteiger partial charge on any atom is 0.184 e. The van der Waals surface area contributed by atoms with E-state index in [4.69, 9.17) is 11.0 Å². The third-order valence-electron chi connectivity index (χ3n) is 0.948. The molecule has 0 atom stereocenters. The largest absolute Gasteiger partial charge is 0.386 e. The van der Waals surface area contributed by atoms with Crippen LogP contribution in [0.5, 0.6) is 0 Å². The molecule has 2 N–H and O–H groups in total. The predicted octanol–water partition coefficient (Wildman–Crippen LogP) is -0.389. The summed E-state index contributed by atoms with van der Waals surface area (Å²) in [6.07, 6.45) is 5.00. The second kappa shape index (κ2) is 2.18. The van der Waals surface area contributed by atoms with E-state index in [1.807, 2.05) is 6.19 Å². The first-order chi connectivity index (χ1) is 4.33. The van der Waals surface area contributed by atoms with Gasteiger partial charge in [0.2, 0.25) is 0 Å². The molecule has 0 radical (unpaired) electrons. The average Bonchev–Trinajstić information content (AvgIpc) is 1.88. The highest BCUT2D eigenvalue weighted by atomic mass is 15.1. The highest BCUT2D eigenvalue weighted by molar-refractivity contribution is 5.83. The van der Waals surface area contributed by atoms with Crippen LogP contribution in [0.15, 0.2) is 17.4 Å². The van der Waals surface area contributed by atoms with Gasteiger partial charge in [-0.05, 0) is 0 Å². The van der Waals surface area contributed by atoms with Crippen LogP contribution in [0.1, 0.15) is 0 Å². The zero-order valence-electron chi connectivity index (χ0n) is 4.78. The smallest absolute Gasteiger partial charge is 0.184 e. The fourth-order valence-electron chi connectivity index (χ4n) is 0.546. The fourth-order valence-corrected chi connectivity index (χ4v) is 0.546. The first-order valence-corrected chi connectivity index (χ1v) is 2.48. The van der Waals surface area contributed by atoms with Gasteiger partial charge in [-0.25, -0.2) is 4.99 Å². The summed E-state index contributed by atoms with van der Waals surface area (Å²) < 4.78 is 0. The molecule has 1 aliphatic heterocycles. The van der Waals surface area contributed by atoms with Crippen LogP contribution in [0, 0.1) is 11.5 Å². The topological polar surface area (TPSA) is 65.4 Å². The summed E-state index contributed by atoms with van der Waals surface area (Å²) in [5.74, 6) is 0.471. The lowest BCUT2D eigenvalue weighted by Crippen LogP contribution is -2.28. The zero-order chi connectivity index (χ0) is 6.69. The summed E-state index contributed by atoms with van der Waals surface area (Å²) in [5, 5.41) is 8.32. The van der Waals surface area contributed by atoms with Crippen LogP contribution in [-0.4, -0.2) is 17.3 Å². The Balaban J connectivity index is 2.64. The van der Waals surface area contributed by atoms with Crippen molar-refractivity contribution in [2.75, 3.05) is 6.54 Å². The van der Waals surface area contributed by atoms with Crippen molar-refractivity contribution in [3.05, 3.63) is 12.4 Å². The highest BCUT2D eigenvalue weighted by Gasteiger charge is 2.02. The summed E-state index contributed by atoms with van der Waals surface area (Å²) >= 11 is 0. The molecule has 0 saturated carbocycles. The highest BCUT2D eigenvalue weighted by Crippen LogP contribution is 1.93. The van der Waals surface area contributed by atoms with E-state index in [-0.39, 0.29) is 0 Å². The molecule has 0 aliphatic carbocycles. The van der Waals surface area contributed by atoms with Crippen LogP contribution in [0.2, 0.25) is 0 Å². The van der Waals surface area contributed by atoms with Crippen molar-refractivity contribution in [1.29, 1.82) is 5.26 Å². The normalized spacial score (nSPS) is 16.8. The molecule has 4 heteroatoms. The zero-order valence-corrected chi connectivity index (χ0v) is 4.78. The summed E-state index contributed by atoms with van der Waals surface area (Å²) in [6, 6.07) is 0. The van der Waals surface area contributed by atoms with E-state index < -0.39 is 0 Å². The minimum Gasteiger partial charge on any atom is -0.386 e. The Kier molecular flexibility index (Phi) is 1.36. The van der Waals surface area contributed by atoms with Gasteiger partial charge >= 0.3 is 0 Å². The molecule has 0 spiro atoms. The van der Waals surface area contributed by atoms with Crippen molar-refractivity contribution < 1.29 is 0 Å². The van der Waals surface area contributed by atoms with Crippen LogP contribution in [0.4, 0.5) is 0 Å². The number of amidine groups is 1. The Morgan fingerprint density at radius 3 is 3.11 bits per heavy atom. The van der Waals surface area contributed by atoms with E-state index in [1.165, 1.54) is 11.1 Å². The molecule has 0 bridgehead atoms. The number of nitriles is 1. The molecule has 1 rings (SSSR count). The summed E-state index contributed by atoms with van der Waals surface area (Å²) in [5.41, 5.74) is 5.31. The Morgan fingerprint density at radius 1 is 1.89 bits per heavy atom. The third kappa shape index (κ3) is 1.19. The van der Waals surface area contributed by atoms with Crippen LogP contribution in [-0.2, 0) is 0 Å². The van der Waals surface area contributed by atoms with Gasteiger partial charge in [-0.2, -0.15) is 5.26 Å². The maximum absolute atomic E-state index is 8.32. The van der Waals surface area contributed by atoms with Crippen LogP contribution in [0.3, 0.4) is 0 Å². The summed E-state index contributed by atoms with van der Waals surface area (Å²) in [4.78, 5) is 5.15. The minimum atomic E-state index is 0.410. The molecule has 0 amide bonds. The molecule has 1 aliphatic rings. The summed E-state index contributed by atoms with van der Waals surface area (Å²) in [6.45, 7) is 0.410. The SMILES string of the molecule is N#CN1C=CN=C(N)C1. The van der Waals surface area contributed by atoms with E-state index >= 15 is 0 Å². The molecule has 0 unspecified atom stereocenters. The third-order valence-corrected chi connectivity index (χ3v) is 0.948. The van der Waals surface area contributed by atoms with Crippen molar-refractivity contribution in [3.8, 4) is 6.19 Å². The molecule has 0 saturated heterocycles. The minimum absolute atomic E-state index is 0.410. The van der Waals surface area contributed by atoms with Gasteiger partial charge in [0.25, 0.3) is 0 Å². The number of nitrogens with zero attached hydrogens (tertiary/aromatic N) is 3. The van der Waals surface area contributed by atoms with Crippen molar-refractivity contribution in [3.63, 3.8) is 0 Å². The molecule has 0 aromatic rings. The van der Waals surface area contributed by atoms with E-state index in [0.717, 1.165) is 0 Å². The number of nitrogens with two attached hydrogens (primary N) is 1. The molecular formula is C5H6N4. The van der Waals surface area contributed by atoms with Gasteiger partial charge < -0.3 is 5.73 Å². The molecule has 0 aromatic heterocycles. The van der Waals surface area contributed by atoms with Crippen molar-refractivity contribution in [2.24, 2.45) is 10.7 Å². The average molecular weight is 122 g/mol. The van der Waals surface area contributed by atoms with Gasteiger partial charge in [-0.1, -0.05) is 0 Å². The second-order valence-electron chi connectivity index (χ2n) is 1.65.